The van der Waals surface area contributed by atoms with Crippen LogP contribution in [-0.2, 0) is 20.7 Å². The lowest BCUT2D eigenvalue weighted by Crippen LogP contribution is -2.32. The van der Waals surface area contributed by atoms with Crippen molar-refractivity contribution in [2.75, 3.05) is 0 Å². The summed E-state index contributed by atoms with van der Waals surface area (Å²) in [5.74, 6) is -0.106. The van der Waals surface area contributed by atoms with Gasteiger partial charge in [0.15, 0.2) is 0 Å². The minimum absolute atomic E-state index is 0.0402. The van der Waals surface area contributed by atoms with Crippen LogP contribution >= 0.6 is 39.1 Å². The molecule has 1 unspecified atom stereocenters. The van der Waals surface area contributed by atoms with Crippen LogP contribution in [0.15, 0.2) is 87.7 Å². The van der Waals surface area contributed by atoms with Crippen LogP contribution < -0.4 is 10.0 Å². The Bertz CT molecular complexity index is 1530. The van der Waals surface area contributed by atoms with Crippen molar-refractivity contribution in [2.24, 2.45) is 0 Å². The van der Waals surface area contributed by atoms with E-state index in [9.17, 15) is 13.2 Å². The fourth-order valence-electron chi connectivity index (χ4n) is 3.73. The standard InChI is InChI=1S/C25H21BrCl2N4O3S/c1-15(18-9-8-16(14-27)12-20(18)28)31-25(33)19-5-2-4-17(26)13-22(19)32-36(34,35)23-7-3-6-21-24(23)30-11-10-29-21/h2-4,6-13,15,32H,5,14H2,1H3,(H,31,33). The number of fused-ring (bicyclic) bond motifs is 1. The summed E-state index contributed by atoms with van der Waals surface area (Å²) in [4.78, 5) is 21.7. The Morgan fingerprint density at radius 1 is 1.19 bits per heavy atom. The van der Waals surface area contributed by atoms with Crippen molar-refractivity contribution >= 4 is 66.1 Å². The lowest BCUT2D eigenvalue weighted by atomic mass is 10.0. The molecule has 0 spiro atoms. The van der Waals surface area contributed by atoms with Gasteiger partial charge in [0.1, 0.15) is 10.4 Å². The number of hydrogen-bond donors (Lipinski definition) is 2. The van der Waals surface area contributed by atoms with Gasteiger partial charge in [-0.05, 0) is 48.7 Å². The molecule has 0 saturated carbocycles. The number of nitrogens with one attached hydrogen (secondary N) is 2. The third kappa shape index (κ3) is 5.81. The normalized spacial score (nSPS) is 14.8. The summed E-state index contributed by atoms with van der Waals surface area (Å²) in [5.41, 5.74) is 2.65. The molecule has 1 aliphatic carbocycles. The topological polar surface area (TPSA) is 101 Å². The maximum atomic E-state index is 13.4. The van der Waals surface area contributed by atoms with E-state index in [2.05, 4.69) is 35.9 Å². The average molecular weight is 608 g/mol. The lowest BCUT2D eigenvalue weighted by molar-refractivity contribution is -0.118. The number of rotatable bonds is 7. The molecule has 1 heterocycles. The Morgan fingerprint density at radius 2 is 1.97 bits per heavy atom. The number of nitrogens with zero attached hydrogens (tertiary/aromatic N) is 2. The van der Waals surface area contributed by atoms with E-state index in [-0.39, 0.29) is 28.1 Å². The molecule has 11 heteroatoms. The summed E-state index contributed by atoms with van der Waals surface area (Å²) < 4.78 is 30.0. The van der Waals surface area contributed by atoms with Crippen molar-refractivity contribution in [1.82, 2.24) is 20.0 Å². The molecule has 1 atom stereocenters. The number of sulfonamides is 1. The van der Waals surface area contributed by atoms with Gasteiger partial charge in [-0.1, -0.05) is 57.9 Å². The first kappa shape index (κ1) is 26.3. The van der Waals surface area contributed by atoms with Crippen LogP contribution in [-0.4, -0.2) is 24.3 Å². The summed E-state index contributed by atoms with van der Waals surface area (Å²) in [6, 6.07) is 9.69. The second-order valence-electron chi connectivity index (χ2n) is 8.00. The van der Waals surface area contributed by atoms with Gasteiger partial charge in [0.05, 0.1) is 17.3 Å². The quantitative estimate of drug-likeness (QED) is 0.337. The van der Waals surface area contributed by atoms with Gasteiger partial charge in [0.2, 0.25) is 5.91 Å². The number of alkyl halides is 1. The number of halogens is 3. The molecule has 36 heavy (non-hydrogen) atoms. The number of hydrogen-bond acceptors (Lipinski definition) is 5. The van der Waals surface area contributed by atoms with Crippen LogP contribution in [0.2, 0.25) is 5.02 Å². The number of allylic oxidation sites excluding steroid dienone is 4. The van der Waals surface area contributed by atoms with Gasteiger partial charge >= 0.3 is 0 Å². The summed E-state index contributed by atoms with van der Waals surface area (Å²) in [5, 5.41) is 3.40. The first-order valence-electron chi connectivity index (χ1n) is 10.8. The fraction of sp³-hybridized carbons (Fsp3) is 0.160. The summed E-state index contributed by atoms with van der Waals surface area (Å²) in [6.07, 6.45) is 8.20. The third-order valence-corrected chi connectivity index (χ3v) is 8.04. The largest absolute Gasteiger partial charge is 0.346 e. The molecule has 2 aromatic carbocycles. The zero-order chi connectivity index (χ0) is 25.9. The molecule has 7 nitrogen and oxygen atoms in total. The Balaban J connectivity index is 1.68. The summed E-state index contributed by atoms with van der Waals surface area (Å²) in [6.45, 7) is 1.80. The zero-order valence-corrected chi connectivity index (χ0v) is 22.9. The minimum atomic E-state index is -4.10. The van der Waals surface area contributed by atoms with Crippen LogP contribution in [0.3, 0.4) is 0 Å². The molecule has 1 aromatic heterocycles. The molecule has 0 fully saturated rings. The highest BCUT2D eigenvalue weighted by molar-refractivity contribution is 9.11. The van der Waals surface area contributed by atoms with E-state index in [1.807, 2.05) is 12.1 Å². The van der Waals surface area contributed by atoms with Gasteiger partial charge in [-0.15, -0.1) is 11.6 Å². The third-order valence-electron chi connectivity index (χ3n) is 5.51. The number of para-hydroxylation sites is 1. The van der Waals surface area contributed by atoms with Crippen molar-refractivity contribution < 1.29 is 13.2 Å². The number of benzene rings is 2. The Kier molecular flexibility index (Phi) is 8.14. The van der Waals surface area contributed by atoms with Crippen molar-refractivity contribution in [1.29, 1.82) is 0 Å². The van der Waals surface area contributed by atoms with Crippen molar-refractivity contribution in [3.63, 3.8) is 0 Å². The predicted molar refractivity (Wildman–Crippen MR) is 145 cm³/mol. The molecule has 3 aromatic rings. The maximum Gasteiger partial charge on any atom is 0.264 e. The van der Waals surface area contributed by atoms with E-state index in [1.54, 1.807) is 43.4 Å². The van der Waals surface area contributed by atoms with E-state index in [0.29, 0.717) is 20.9 Å². The zero-order valence-electron chi connectivity index (χ0n) is 19.0. The van der Waals surface area contributed by atoms with E-state index in [4.69, 9.17) is 23.2 Å². The van der Waals surface area contributed by atoms with Crippen LogP contribution in [0.5, 0.6) is 0 Å². The highest BCUT2D eigenvalue weighted by Gasteiger charge is 2.25. The van der Waals surface area contributed by atoms with Crippen LogP contribution in [0.25, 0.3) is 11.0 Å². The molecule has 0 saturated heterocycles. The monoisotopic (exact) mass is 606 g/mol. The number of amides is 1. The van der Waals surface area contributed by atoms with E-state index >= 15 is 0 Å². The Morgan fingerprint density at radius 3 is 2.72 bits per heavy atom. The molecular weight excluding hydrogens is 587 g/mol. The molecule has 4 rings (SSSR count). The van der Waals surface area contributed by atoms with Gasteiger partial charge in [0.25, 0.3) is 10.0 Å². The minimum Gasteiger partial charge on any atom is -0.346 e. The number of aromatic nitrogens is 2. The van der Waals surface area contributed by atoms with Crippen LogP contribution in [0.1, 0.15) is 30.5 Å². The second-order valence-corrected chi connectivity index (χ2v) is 11.2. The number of carbonyl (C=O) groups is 1. The highest BCUT2D eigenvalue weighted by atomic mass is 79.9. The van der Waals surface area contributed by atoms with Crippen molar-refractivity contribution in [3.8, 4) is 0 Å². The Hall–Kier alpha value is -2.72. The highest BCUT2D eigenvalue weighted by Crippen LogP contribution is 2.27. The molecule has 0 bridgehead atoms. The summed E-state index contributed by atoms with van der Waals surface area (Å²) >= 11 is 15.7. The fourth-order valence-corrected chi connectivity index (χ4v) is 5.93. The number of carbonyl (C=O) groups excluding carboxylic acids is 1. The SMILES string of the molecule is CC(NC(=O)C1=C(NS(=O)(=O)c2cccc3nccnc23)C=C(Br)C=CC1)c1ccc(CCl)cc1Cl. The second kappa shape index (κ2) is 11.1. The Labute approximate surface area is 227 Å². The van der Waals surface area contributed by atoms with E-state index in [1.165, 1.54) is 18.5 Å². The van der Waals surface area contributed by atoms with Crippen LogP contribution in [0.4, 0.5) is 0 Å². The lowest BCUT2D eigenvalue weighted by Gasteiger charge is -2.19. The molecule has 1 amide bonds. The first-order valence-corrected chi connectivity index (χ1v) is 14.0. The van der Waals surface area contributed by atoms with Gasteiger partial charge in [-0.3, -0.25) is 19.5 Å². The first-order chi connectivity index (χ1) is 17.2. The van der Waals surface area contributed by atoms with Crippen LogP contribution in [0, 0.1) is 0 Å². The predicted octanol–water partition coefficient (Wildman–Crippen LogP) is 5.67. The van der Waals surface area contributed by atoms with Crippen molar-refractivity contribution in [3.05, 3.63) is 98.9 Å². The van der Waals surface area contributed by atoms with Gasteiger partial charge in [-0.2, -0.15) is 0 Å². The van der Waals surface area contributed by atoms with E-state index < -0.39 is 22.0 Å². The maximum absolute atomic E-state index is 13.4. The molecule has 2 N–H and O–H groups in total. The van der Waals surface area contributed by atoms with Crippen molar-refractivity contribution in [2.45, 2.75) is 30.2 Å². The molecular formula is C25H21BrCl2N4O3S. The van der Waals surface area contributed by atoms with E-state index in [0.717, 1.165) is 11.1 Å². The molecule has 0 radical (unpaired) electrons. The van der Waals surface area contributed by atoms with Gasteiger partial charge in [0, 0.05) is 33.4 Å². The average Bonchev–Trinajstić information content (AvgIpc) is 3.03. The van der Waals surface area contributed by atoms with Gasteiger partial charge in [-0.25, -0.2) is 8.42 Å². The molecule has 0 aliphatic heterocycles. The molecule has 186 valence electrons. The molecule has 1 aliphatic rings. The van der Waals surface area contributed by atoms with Gasteiger partial charge < -0.3 is 5.32 Å². The smallest absolute Gasteiger partial charge is 0.264 e. The summed E-state index contributed by atoms with van der Waals surface area (Å²) in [7, 11) is -4.10.